The smallest absolute Gasteiger partial charge is 0.312 e. The molecule has 1 aliphatic rings. The van der Waals surface area contributed by atoms with Gasteiger partial charge in [-0.25, -0.2) is 15.0 Å². The van der Waals surface area contributed by atoms with Gasteiger partial charge in [0.15, 0.2) is 0 Å². The fourth-order valence-electron chi connectivity index (χ4n) is 4.94. The molecule has 0 bridgehead atoms. The van der Waals surface area contributed by atoms with E-state index in [4.69, 9.17) is 14.5 Å². The summed E-state index contributed by atoms with van der Waals surface area (Å²) < 4.78 is 11.9. The Kier molecular flexibility index (Phi) is 8.87. The highest BCUT2D eigenvalue weighted by Crippen LogP contribution is 2.37. The number of benzene rings is 1. The van der Waals surface area contributed by atoms with Gasteiger partial charge >= 0.3 is 5.97 Å². The molecular weight excluding hydrogens is 488 g/mol. The first-order valence-corrected chi connectivity index (χ1v) is 13.9. The molecule has 1 fully saturated rings. The van der Waals surface area contributed by atoms with E-state index in [0.29, 0.717) is 45.1 Å². The topological polar surface area (TPSA) is 94.5 Å². The Morgan fingerprint density at radius 3 is 2.43 bits per heavy atom. The van der Waals surface area contributed by atoms with Crippen molar-refractivity contribution in [3.05, 3.63) is 35.1 Å². The third-order valence-electron chi connectivity index (χ3n) is 7.15. The number of carbonyl (C=O) groups excluding carboxylic acids is 2. The van der Waals surface area contributed by atoms with E-state index in [0.717, 1.165) is 57.6 Å². The van der Waals surface area contributed by atoms with E-state index < -0.39 is 5.41 Å². The first kappa shape index (κ1) is 27.1. The fourth-order valence-corrected chi connectivity index (χ4v) is 6.01. The van der Waals surface area contributed by atoms with Crippen LogP contribution in [0.25, 0.3) is 21.3 Å². The van der Waals surface area contributed by atoms with Gasteiger partial charge in [-0.15, -0.1) is 11.3 Å². The zero-order valence-electron chi connectivity index (χ0n) is 22.2. The lowest BCUT2D eigenvalue weighted by molar-refractivity contribution is -0.157. The number of Topliss-reactive ketones (excluding diaryl/α,β-unsaturated/α-hetero) is 1. The summed E-state index contributed by atoms with van der Waals surface area (Å²) in [5.74, 6) is 0.798. The third kappa shape index (κ3) is 5.99. The first-order valence-electron chi connectivity index (χ1n) is 13.1. The van der Waals surface area contributed by atoms with Crippen molar-refractivity contribution in [2.24, 2.45) is 5.41 Å². The molecule has 1 aliphatic heterocycles. The van der Waals surface area contributed by atoms with Crippen LogP contribution in [0.3, 0.4) is 0 Å². The van der Waals surface area contributed by atoms with Crippen molar-refractivity contribution in [3.8, 4) is 11.1 Å². The summed E-state index contributed by atoms with van der Waals surface area (Å²) in [4.78, 5) is 40.9. The van der Waals surface area contributed by atoms with Gasteiger partial charge in [0.05, 0.1) is 35.3 Å². The minimum Gasteiger partial charge on any atom is -0.466 e. The number of aromatic nitrogens is 3. The lowest BCUT2D eigenvalue weighted by Gasteiger charge is -2.39. The van der Waals surface area contributed by atoms with Crippen LogP contribution in [0, 0.1) is 5.41 Å². The van der Waals surface area contributed by atoms with Crippen molar-refractivity contribution >= 4 is 39.3 Å². The highest BCUT2D eigenvalue weighted by molar-refractivity contribution is 7.18. The number of anilines is 1. The molecule has 198 valence electrons. The van der Waals surface area contributed by atoms with Crippen molar-refractivity contribution in [2.75, 3.05) is 31.7 Å². The van der Waals surface area contributed by atoms with Gasteiger partial charge in [0.1, 0.15) is 10.8 Å². The number of nitrogens with zero attached hydrogens (tertiary/aromatic N) is 4. The molecule has 0 aliphatic carbocycles. The van der Waals surface area contributed by atoms with Crippen LogP contribution in [0.5, 0.6) is 0 Å². The lowest BCUT2D eigenvalue weighted by Crippen LogP contribution is -2.45. The molecule has 0 amide bonds. The van der Waals surface area contributed by atoms with Crippen molar-refractivity contribution in [1.82, 2.24) is 15.0 Å². The number of esters is 1. The average molecular weight is 525 g/mol. The van der Waals surface area contributed by atoms with Crippen LogP contribution in [0.1, 0.15) is 63.4 Å². The molecule has 0 unspecified atom stereocenters. The summed E-state index contributed by atoms with van der Waals surface area (Å²) in [6.07, 6.45) is 7.72. The number of piperidine rings is 1. The van der Waals surface area contributed by atoms with E-state index in [1.165, 1.54) is 0 Å². The van der Waals surface area contributed by atoms with Gasteiger partial charge in [-0.3, -0.25) is 9.59 Å². The summed E-state index contributed by atoms with van der Waals surface area (Å²) in [7, 11) is 1.68. The zero-order valence-corrected chi connectivity index (χ0v) is 23.0. The van der Waals surface area contributed by atoms with E-state index in [1.807, 2.05) is 32.3 Å². The maximum absolute atomic E-state index is 12.5. The molecule has 0 spiro atoms. The number of hydrogen-bond acceptors (Lipinski definition) is 9. The number of carbonyl (C=O) groups is 2. The molecule has 1 aromatic carbocycles. The Bertz CT molecular complexity index is 1230. The van der Waals surface area contributed by atoms with Crippen molar-refractivity contribution in [2.45, 2.75) is 65.9 Å². The molecule has 0 saturated carbocycles. The summed E-state index contributed by atoms with van der Waals surface area (Å²) >= 11 is 1.57. The van der Waals surface area contributed by atoms with Gasteiger partial charge < -0.3 is 14.4 Å². The molecular formula is C28H36N4O4S. The van der Waals surface area contributed by atoms with Crippen LogP contribution in [0.15, 0.2) is 24.5 Å². The Balaban J connectivity index is 1.53. The van der Waals surface area contributed by atoms with Crippen LogP contribution in [-0.4, -0.2) is 53.5 Å². The average Bonchev–Trinajstić information content (AvgIpc) is 3.31. The van der Waals surface area contributed by atoms with E-state index >= 15 is 0 Å². The number of thiazole rings is 1. The summed E-state index contributed by atoms with van der Waals surface area (Å²) in [6, 6.07) is 4.13. The number of hydrogen-bond donors (Lipinski definition) is 0. The Morgan fingerprint density at radius 1 is 1.08 bits per heavy atom. The third-order valence-corrected chi connectivity index (χ3v) is 8.30. The molecule has 8 nitrogen and oxygen atoms in total. The monoisotopic (exact) mass is 524 g/mol. The number of ether oxygens (including phenoxy) is 2. The molecule has 9 heteroatoms. The Labute approximate surface area is 222 Å². The van der Waals surface area contributed by atoms with Gasteiger partial charge in [-0.05, 0) is 55.9 Å². The summed E-state index contributed by atoms with van der Waals surface area (Å²) in [5, 5.41) is 0.839. The summed E-state index contributed by atoms with van der Waals surface area (Å²) in [5.41, 5.74) is 3.35. The number of fused-ring (bicyclic) bond motifs is 1. The van der Waals surface area contributed by atoms with Gasteiger partial charge in [-0.2, -0.15) is 0 Å². The van der Waals surface area contributed by atoms with Crippen LogP contribution in [0.4, 0.5) is 5.95 Å². The number of rotatable bonds is 11. The number of ketones is 1. The minimum atomic E-state index is -0.410. The largest absolute Gasteiger partial charge is 0.466 e. The molecule has 0 N–H and O–H groups in total. The zero-order chi connectivity index (χ0) is 26.4. The van der Waals surface area contributed by atoms with Gasteiger partial charge in [0, 0.05) is 44.6 Å². The predicted octanol–water partition coefficient (Wildman–Crippen LogP) is 5.37. The highest BCUT2D eigenvalue weighted by Gasteiger charge is 2.41. The maximum Gasteiger partial charge on any atom is 0.312 e. The van der Waals surface area contributed by atoms with Crippen LogP contribution < -0.4 is 4.90 Å². The van der Waals surface area contributed by atoms with E-state index in [1.54, 1.807) is 18.4 Å². The molecule has 3 heterocycles. The van der Waals surface area contributed by atoms with Gasteiger partial charge in [0.25, 0.3) is 0 Å². The molecule has 0 radical (unpaired) electrons. The minimum absolute atomic E-state index is 0.0874. The second-order valence-electron chi connectivity index (χ2n) is 9.60. The van der Waals surface area contributed by atoms with Crippen molar-refractivity contribution in [3.63, 3.8) is 0 Å². The predicted molar refractivity (Wildman–Crippen MR) is 146 cm³/mol. The fraction of sp³-hybridized carbons (Fsp3) is 0.536. The second-order valence-corrected chi connectivity index (χ2v) is 10.7. The van der Waals surface area contributed by atoms with E-state index in [2.05, 4.69) is 27.9 Å². The SMILES string of the molecule is CCCC(=O)Cc1nc2cc(-c3cnc(N4CCC(CC)(C(=O)OCC)CC4)nc3)cc(COC)c2s1. The van der Waals surface area contributed by atoms with E-state index in [-0.39, 0.29) is 11.8 Å². The normalized spacial score (nSPS) is 15.2. The van der Waals surface area contributed by atoms with Crippen molar-refractivity contribution < 1.29 is 19.1 Å². The van der Waals surface area contributed by atoms with Crippen LogP contribution in [0.2, 0.25) is 0 Å². The van der Waals surface area contributed by atoms with Gasteiger partial charge in [0.2, 0.25) is 5.95 Å². The van der Waals surface area contributed by atoms with Crippen molar-refractivity contribution in [1.29, 1.82) is 0 Å². The molecule has 3 aromatic rings. The molecule has 37 heavy (non-hydrogen) atoms. The van der Waals surface area contributed by atoms with E-state index in [9.17, 15) is 9.59 Å². The van der Waals surface area contributed by atoms with Gasteiger partial charge in [-0.1, -0.05) is 13.8 Å². The standard InChI is InChI=1S/C28H36N4O4S/c1-5-8-22(33)15-24-31-23-14-19(13-20(18-35-4)25(23)37-24)21-16-29-27(30-17-21)32-11-9-28(6-2,10-12-32)26(34)36-7-3/h13-14,16-17H,5-12,15,18H2,1-4H3. The maximum atomic E-state index is 12.5. The quantitative estimate of drug-likeness (QED) is 0.309. The highest BCUT2D eigenvalue weighted by atomic mass is 32.1. The lowest BCUT2D eigenvalue weighted by atomic mass is 9.76. The molecule has 4 rings (SSSR count). The Morgan fingerprint density at radius 2 is 1.81 bits per heavy atom. The second kappa shape index (κ2) is 12.1. The molecule has 2 aromatic heterocycles. The summed E-state index contributed by atoms with van der Waals surface area (Å²) in [6.45, 7) is 8.22. The first-order chi connectivity index (χ1) is 17.9. The number of methoxy groups -OCH3 is 1. The molecule has 1 saturated heterocycles. The Hall–Kier alpha value is -2.91. The molecule has 0 atom stereocenters. The van der Waals surface area contributed by atoms with Crippen LogP contribution >= 0.6 is 11.3 Å². The van der Waals surface area contributed by atoms with Crippen LogP contribution in [-0.2, 0) is 32.1 Å².